The highest BCUT2D eigenvalue weighted by Crippen LogP contribution is 2.31. The van der Waals surface area contributed by atoms with Gasteiger partial charge in [-0.05, 0) is 37.1 Å². The van der Waals surface area contributed by atoms with Crippen molar-refractivity contribution in [2.75, 3.05) is 13.1 Å². The second-order valence-corrected chi connectivity index (χ2v) is 8.56. The molecule has 35 heavy (non-hydrogen) atoms. The van der Waals surface area contributed by atoms with Crippen LogP contribution < -0.4 is 11.2 Å². The van der Waals surface area contributed by atoms with Crippen LogP contribution in [0.5, 0.6) is 0 Å². The van der Waals surface area contributed by atoms with E-state index in [0.717, 1.165) is 12.3 Å². The average Bonchev–Trinajstić information content (AvgIpc) is 3.27. The summed E-state index contributed by atoms with van der Waals surface area (Å²) in [5.74, 6) is -0.0871. The number of aromatic nitrogens is 5. The third-order valence-electron chi connectivity index (χ3n) is 6.35. The molecule has 0 aliphatic carbocycles. The molecule has 5 rings (SSSR count). The number of hydrogen-bond donors (Lipinski definition) is 1. The van der Waals surface area contributed by atoms with Crippen molar-refractivity contribution in [1.82, 2.24) is 29.0 Å². The lowest BCUT2D eigenvalue weighted by molar-refractivity contribution is -0.137. The minimum absolute atomic E-state index is 0.0292. The van der Waals surface area contributed by atoms with Crippen molar-refractivity contribution < 1.29 is 18.0 Å². The first-order valence-corrected chi connectivity index (χ1v) is 11.1. The van der Waals surface area contributed by atoms with Crippen LogP contribution in [0.4, 0.5) is 13.2 Å². The highest BCUT2D eigenvalue weighted by molar-refractivity contribution is 5.79. The summed E-state index contributed by atoms with van der Waals surface area (Å²) in [6.07, 6.45) is -2.16. The van der Waals surface area contributed by atoms with E-state index in [0.29, 0.717) is 41.8 Å². The Morgan fingerprint density at radius 1 is 1.11 bits per heavy atom. The van der Waals surface area contributed by atoms with Crippen LogP contribution in [0.15, 0.2) is 52.2 Å². The molecule has 0 unspecified atom stereocenters. The van der Waals surface area contributed by atoms with E-state index in [1.165, 1.54) is 15.0 Å². The maximum atomic E-state index is 13.2. The van der Waals surface area contributed by atoms with Crippen molar-refractivity contribution in [3.63, 3.8) is 0 Å². The molecule has 1 aliphatic heterocycles. The third-order valence-corrected chi connectivity index (χ3v) is 6.35. The SMILES string of the molecule is O=C(CCn1c(=O)[nH]c(=O)c2ccccc21)N1CCC[C@H](c2nnc3ccc(C(F)(F)F)cn23)C1. The molecule has 1 aliphatic rings. The molecule has 1 aromatic carbocycles. The number of para-hydroxylation sites is 1. The fraction of sp³-hybridized carbons (Fsp3) is 0.348. The maximum Gasteiger partial charge on any atom is 0.417 e. The number of hydrogen-bond acceptors (Lipinski definition) is 5. The number of pyridine rings is 1. The van der Waals surface area contributed by atoms with Gasteiger partial charge >= 0.3 is 11.9 Å². The number of carbonyl (C=O) groups excluding carboxylic acids is 1. The Kier molecular flexibility index (Phi) is 5.65. The molecule has 9 nitrogen and oxygen atoms in total. The van der Waals surface area contributed by atoms with Gasteiger partial charge in [0.15, 0.2) is 5.65 Å². The zero-order valence-corrected chi connectivity index (χ0v) is 18.5. The van der Waals surface area contributed by atoms with E-state index in [-0.39, 0.29) is 31.3 Å². The zero-order chi connectivity index (χ0) is 24.7. The van der Waals surface area contributed by atoms with Crippen molar-refractivity contribution in [2.45, 2.75) is 37.9 Å². The van der Waals surface area contributed by atoms with E-state index in [1.807, 2.05) is 0 Å². The van der Waals surface area contributed by atoms with E-state index in [4.69, 9.17) is 0 Å². The van der Waals surface area contributed by atoms with E-state index in [2.05, 4.69) is 15.2 Å². The lowest BCUT2D eigenvalue weighted by Gasteiger charge is -2.32. The van der Waals surface area contributed by atoms with Crippen LogP contribution in [0.3, 0.4) is 0 Å². The van der Waals surface area contributed by atoms with Crippen LogP contribution in [0.2, 0.25) is 0 Å². The smallest absolute Gasteiger partial charge is 0.342 e. The van der Waals surface area contributed by atoms with Crippen molar-refractivity contribution in [3.05, 3.63) is 74.8 Å². The van der Waals surface area contributed by atoms with Gasteiger partial charge in [-0.15, -0.1) is 10.2 Å². The number of halogens is 3. The van der Waals surface area contributed by atoms with Gasteiger partial charge in [0.2, 0.25) is 5.91 Å². The van der Waals surface area contributed by atoms with Crippen molar-refractivity contribution in [3.8, 4) is 0 Å². The Balaban J connectivity index is 1.34. The number of nitrogens with one attached hydrogen (secondary N) is 1. The monoisotopic (exact) mass is 486 g/mol. The van der Waals surface area contributed by atoms with Crippen LogP contribution in [-0.4, -0.2) is 48.0 Å². The molecule has 1 amide bonds. The molecule has 182 valence electrons. The Morgan fingerprint density at radius 2 is 1.91 bits per heavy atom. The minimum Gasteiger partial charge on any atom is -0.342 e. The molecular formula is C23H21F3N6O3. The Labute approximate surface area is 195 Å². The molecule has 0 radical (unpaired) electrons. The summed E-state index contributed by atoms with van der Waals surface area (Å²) in [5, 5.41) is 8.45. The number of rotatable bonds is 4. The molecule has 3 aromatic heterocycles. The van der Waals surface area contributed by atoms with Gasteiger partial charge < -0.3 is 4.90 Å². The number of aryl methyl sites for hydroxylation is 1. The molecule has 0 saturated carbocycles. The Bertz CT molecular complexity index is 1540. The predicted octanol–water partition coefficient (Wildman–Crippen LogP) is 2.55. The van der Waals surface area contributed by atoms with Crippen molar-refractivity contribution in [2.24, 2.45) is 0 Å². The van der Waals surface area contributed by atoms with Crippen molar-refractivity contribution in [1.29, 1.82) is 0 Å². The third kappa shape index (κ3) is 4.31. The number of alkyl halides is 3. The summed E-state index contributed by atoms with van der Waals surface area (Å²) in [4.78, 5) is 41.3. The van der Waals surface area contributed by atoms with Gasteiger partial charge in [-0.25, -0.2) is 4.79 Å². The number of amides is 1. The van der Waals surface area contributed by atoms with Gasteiger partial charge in [0.25, 0.3) is 5.56 Å². The molecule has 4 aromatic rings. The van der Waals surface area contributed by atoms with Gasteiger partial charge in [0.1, 0.15) is 5.82 Å². The largest absolute Gasteiger partial charge is 0.417 e. The van der Waals surface area contributed by atoms with E-state index >= 15 is 0 Å². The summed E-state index contributed by atoms with van der Waals surface area (Å²) < 4.78 is 42.3. The van der Waals surface area contributed by atoms with Crippen LogP contribution in [-0.2, 0) is 17.5 Å². The number of carbonyl (C=O) groups is 1. The zero-order valence-electron chi connectivity index (χ0n) is 18.5. The molecule has 0 spiro atoms. The molecule has 0 bridgehead atoms. The summed E-state index contributed by atoms with van der Waals surface area (Å²) in [6.45, 7) is 0.872. The lowest BCUT2D eigenvalue weighted by atomic mass is 9.97. The number of aromatic amines is 1. The standard InChI is InChI=1S/C23H21F3N6O3/c24-23(25,26)15-7-8-18-28-29-20(32(18)13-15)14-4-3-10-30(12-14)19(33)9-11-31-17-6-2-1-5-16(17)21(34)27-22(31)35/h1-2,5-8,13-14H,3-4,9-12H2,(H,27,34,35)/t14-/m0/s1. The minimum atomic E-state index is -4.49. The van der Waals surface area contributed by atoms with Crippen LogP contribution >= 0.6 is 0 Å². The highest BCUT2D eigenvalue weighted by Gasteiger charge is 2.32. The van der Waals surface area contributed by atoms with Gasteiger partial charge in [-0.3, -0.25) is 23.5 Å². The number of nitrogens with zero attached hydrogens (tertiary/aromatic N) is 5. The molecule has 4 heterocycles. The number of benzene rings is 1. The van der Waals surface area contributed by atoms with Crippen LogP contribution in [0, 0.1) is 0 Å². The fourth-order valence-corrected chi connectivity index (χ4v) is 4.60. The topological polar surface area (TPSA) is 105 Å². The summed E-state index contributed by atoms with van der Waals surface area (Å²) in [5.41, 5.74) is -1.12. The normalized spacial score (nSPS) is 16.8. The Morgan fingerprint density at radius 3 is 2.71 bits per heavy atom. The van der Waals surface area contributed by atoms with E-state index < -0.39 is 23.0 Å². The molecule has 1 saturated heterocycles. The van der Waals surface area contributed by atoms with Crippen LogP contribution in [0.25, 0.3) is 16.6 Å². The van der Waals surface area contributed by atoms with E-state index in [1.54, 1.807) is 29.2 Å². The number of H-pyrrole nitrogens is 1. The second kappa shape index (κ2) is 8.67. The molecule has 12 heteroatoms. The van der Waals surface area contributed by atoms with Gasteiger partial charge in [-0.2, -0.15) is 13.2 Å². The maximum absolute atomic E-state index is 13.2. The predicted molar refractivity (Wildman–Crippen MR) is 120 cm³/mol. The quantitative estimate of drug-likeness (QED) is 0.477. The van der Waals surface area contributed by atoms with Gasteiger partial charge in [-0.1, -0.05) is 12.1 Å². The second-order valence-electron chi connectivity index (χ2n) is 8.56. The Hall–Kier alpha value is -3.96. The van der Waals surface area contributed by atoms with Gasteiger partial charge in [0, 0.05) is 38.2 Å². The number of fused-ring (bicyclic) bond motifs is 2. The number of piperidine rings is 1. The number of likely N-dealkylation sites (tertiary alicyclic amines) is 1. The first-order valence-electron chi connectivity index (χ1n) is 11.1. The summed E-state index contributed by atoms with van der Waals surface area (Å²) >= 11 is 0. The molecule has 1 atom stereocenters. The molecule has 1 N–H and O–H groups in total. The summed E-state index contributed by atoms with van der Waals surface area (Å²) in [7, 11) is 0. The van der Waals surface area contributed by atoms with Gasteiger partial charge in [0.05, 0.1) is 16.5 Å². The molecule has 1 fully saturated rings. The average molecular weight is 486 g/mol. The first-order chi connectivity index (χ1) is 16.7. The first kappa shape index (κ1) is 22.8. The summed E-state index contributed by atoms with van der Waals surface area (Å²) in [6, 6.07) is 8.90. The van der Waals surface area contributed by atoms with Crippen molar-refractivity contribution >= 4 is 22.5 Å². The fourth-order valence-electron chi connectivity index (χ4n) is 4.60. The molecular weight excluding hydrogens is 465 g/mol. The highest BCUT2D eigenvalue weighted by atomic mass is 19.4. The van der Waals surface area contributed by atoms with Crippen LogP contribution in [0.1, 0.15) is 36.6 Å². The lowest BCUT2D eigenvalue weighted by Crippen LogP contribution is -2.40. The van der Waals surface area contributed by atoms with E-state index in [9.17, 15) is 27.6 Å².